The highest BCUT2D eigenvalue weighted by atomic mass is 16.5. The number of aromatic amines is 1. The zero-order valence-corrected chi connectivity index (χ0v) is 11.5. The van der Waals surface area contributed by atoms with Gasteiger partial charge >= 0.3 is 5.97 Å². The molecule has 106 valence electrons. The van der Waals surface area contributed by atoms with Crippen LogP contribution in [0.2, 0.25) is 0 Å². The molecule has 0 spiro atoms. The van der Waals surface area contributed by atoms with Crippen molar-refractivity contribution in [1.82, 2.24) is 10.2 Å². The fourth-order valence-corrected chi connectivity index (χ4v) is 2.34. The number of aromatic nitrogens is 2. The first kappa shape index (κ1) is 13.9. The van der Waals surface area contributed by atoms with Gasteiger partial charge in [-0.25, -0.2) is 4.79 Å². The minimum Gasteiger partial charge on any atom is -0.461 e. The van der Waals surface area contributed by atoms with Crippen molar-refractivity contribution in [1.29, 1.82) is 0 Å². The maximum absolute atomic E-state index is 11.8. The Morgan fingerprint density at radius 1 is 1.58 bits per heavy atom. The lowest BCUT2D eigenvalue weighted by Gasteiger charge is -2.27. The molecule has 0 aliphatic carbocycles. The van der Waals surface area contributed by atoms with E-state index in [-0.39, 0.29) is 5.97 Å². The third-order valence-corrected chi connectivity index (χ3v) is 3.37. The Bertz CT molecular complexity index is 413. The molecule has 6 nitrogen and oxygen atoms in total. The van der Waals surface area contributed by atoms with Gasteiger partial charge in [0, 0.05) is 33.0 Å². The van der Waals surface area contributed by atoms with Gasteiger partial charge < -0.3 is 14.4 Å². The first-order valence-corrected chi connectivity index (χ1v) is 6.72. The van der Waals surface area contributed by atoms with Gasteiger partial charge in [-0.1, -0.05) is 0 Å². The first-order chi connectivity index (χ1) is 9.22. The van der Waals surface area contributed by atoms with Crippen LogP contribution < -0.4 is 4.90 Å². The van der Waals surface area contributed by atoms with Crippen LogP contribution in [-0.4, -0.2) is 49.6 Å². The summed E-state index contributed by atoms with van der Waals surface area (Å²) in [6, 6.07) is 0. The van der Waals surface area contributed by atoms with Gasteiger partial charge in [-0.2, -0.15) is 5.10 Å². The molecule has 0 saturated carbocycles. The second kappa shape index (κ2) is 6.56. The van der Waals surface area contributed by atoms with Crippen LogP contribution in [-0.2, 0) is 9.47 Å². The summed E-state index contributed by atoms with van der Waals surface area (Å²) < 4.78 is 10.4. The normalized spacial score (nSPS) is 16.3. The molecule has 0 amide bonds. The molecule has 0 bridgehead atoms. The van der Waals surface area contributed by atoms with Crippen molar-refractivity contribution >= 4 is 11.7 Å². The summed E-state index contributed by atoms with van der Waals surface area (Å²) in [6.07, 6.45) is 3.87. The Labute approximate surface area is 113 Å². The van der Waals surface area contributed by atoms with Crippen molar-refractivity contribution in [3.8, 4) is 0 Å². The van der Waals surface area contributed by atoms with Gasteiger partial charge in [0.2, 0.25) is 0 Å². The molecule has 1 N–H and O–H groups in total. The third kappa shape index (κ3) is 3.47. The molecule has 1 fully saturated rings. The largest absolute Gasteiger partial charge is 0.461 e. The second-order valence-corrected chi connectivity index (χ2v) is 4.78. The third-order valence-electron chi connectivity index (χ3n) is 3.37. The summed E-state index contributed by atoms with van der Waals surface area (Å²) in [5.41, 5.74) is 1.15. The number of esters is 1. The minimum absolute atomic E-state index is 0.356. The van der Waals surface area contributed by atoms with Crippen LogP contribution in [0.3, 0.4) is 0 Å². The van der Waals surface area contributed by atoms with E-state index in [9.17, 15) is 4.79 Å². The van der Waals surface area contributed by atoms with Crippen molar-refractivity contribution in [2.45, 2.75) is 19.8 Å². The summed E-state index contributed by atoms with van der Waals surface area (Å²) in [4.78, 5) is 13.8. The minimum atomic E-state index is -0.377. The molecular weight excluding hydrogens is 246 g/mol. The van der Waals surface area contributed by atoms with Crippen molar-refractivity contribution in [2.24, 2.45) is 5.92 Å². The maximum Gasteiger partial charge on any atom is 0.361 e. The van der Waals surface area contributed by atoms with Crippen LogP contribution in [0.15, 0.2) is 6.20 Å². The van der Waals surface area contributed by atoms with Crippen molar-refractivity contribution in [2.75, 3.05) is 38.3 Å². The molecular formula is C13H21N3O3. The Morgan fingerprint density at radius 2 is 2.32 bits per heavy atom. The predicted octanol–water partition coefficient (Wildman–Crippen LogP) is 1.45. The number of H-pyrrole nitrogens is 1. The van der Waals surface area contributed by atoms with Crippen molar-refractivity contribution < 1.29 is 14.3 Å². The topological polar surface area (TPSA) is 67.5 Å². The molecule has 19 heavy (non-hydrogen) atoms. The number of hydrogen-bond acceptors (Lipinski definition) is 5. The van der Waals surface area contributed by atoms with Crippen LogP contribution in [0.25, 0.3) is 0 Å². The molecule has 2 heterocycles. The van der Waals surface area contributed by atoms with Crippen LogP contribution in [0.4, 0.5) is 5.69 Å². The molecule has 1 saturated heterocycles. The SMILES string of the molecule is CCOC(=O)c1n[nH]cc1N(C)CC1CCOCC1. The zero-order chi connectivity index (χ0) is 13.7. The molecule has 2 rings (SSSR count). The number of nitrogens with one attached hydrogen (secondary N) is 1. The fourth-order valence-electron chi connectivity index (χ4n) is 2.34. The van der Waals surface area contributed by atoms with E-state index in [2.05, 4.69) is 15.1 Å². The molecule has 0 atom stereocenters. The molecule has 0 radical (unpaired) electrons. The highest BCUT2D eigenvalue weighted by Crippen LogP contribution is 2.22. The maximum atomic E-state index is 11.8. The van der Waals surface area contributed by atoms with Gasteiger partial charge in [0.05, 0.1) is 12.3 Å². The lowest BCUT2D eigenvalue weighted by atomic mass is 10.00. The van der Waals surface area contributed by atoms with E-state index < -0.39 is 0 Å². The molecule has 1 aromatic heterocycles. The van der Waals surface area contributed by atoms with E-state index in [4.69, 9.17) is 9.47 Å². The number of carbonyl (C=O) groups is 1. The molecule has 1 aliphatic heterocycles. The monoisotopic (exact) mass is 267 g/mol. The molecule has 1 aliphatic rings. The average Bonchev–Trinajstić information content (AvgIpc) is 2.89. The molecule has 0 unspecified atom stereocenters. The van der Waals surface area contributed by atoms with E-state index in [0.29, 0.717) is 18.2 Å². The van der Waals surface area contributed by atoms with E-state index in [1.165, 1.54) is 0 Å². The number of carbonyl (C=O) groups excluding carboxylic acids is 1. The molecule has 1 aromatic rings. The van der Waals surface area contributed by atoms with Gasteiger partial charge in [0.1, 0.15) is 0 Å². The predicted molar refractivity (Wildman–Crippen MR) is 71.4 cm³/mol. The van der Waals surface area contributed by atoms with Crippen LogP contribution >= 0.6 is 0 Å². The quantitative estimate of drug-likeness (QED) is 0.818. The smallest absolute Gasteiger partial charge is 0.361 e. The number of hydrogen-bond donors (Lipinski definition) is 1. The van der Waals surface area contributed by atoms with Gasteiger partial charge in [0.25, 0.3) is 0 Å². The van der Waals surface area contributed by atoms with Gasteiger partial charge in [-0.15, -0.1) is 0 Å². The van der Waals surface area contributed by atoms with E-state index >= 15 is 0 Å². The summed E-state index contributed by atoms with van der Waals surface area (Å²) >= 11 is 0. The van der Waals surface area contributed by atoms with Gasteiger partial charge in [-0.05, 0) is 25.7 Å². The Balaban J connectivity index is 2.00. The van der Waals surface area contributed by atoms with Crippen molar-refractivity contribution in [3.05, 3.63) is 11.9 Å². The summed E-state index contributed by atoms with van der Waals surface area (Å²) in [7, 11) is 1.98. The Hall–Kier alpha value is -1.56. The summed E-state index contributed by atoms with van der Waals surface area (Å²) in [6.45, 7) is 4.70. The van der Waals surface area contributed by atoms with Crippen LogP contribution in [0.1, 0.15) is 30.3 Å². The number of anilines is 1. The molecule has 0 aromatic carbocycles. The first-order valence-electron chi connectivity index (χ1n) is 6.72. The lowest BCUT2D eigenvalue weighted by molar-refractivity contribution is 0.0519. The molecule has 6 heteroatoms. The number of nitrogens with zero attached hydrogens (tertiary/aromatic N) is 2. The van der Waals surface area contributed by atoms with Crippen molar-refractivity contribution in [3.63, 3.8) is 0 Å². The standard InChI is InChI=1S/C13H21N3O3/c1-3-19-13(17)12-11(8-14-15-12)16(2)9-10-4-6-18-7-5-10/h8,10H,3-7,9H2,1-2H3,(H,14,15). The summed E-state index contributed by atoms with van der Waals surface area (Å²) in [5, 5.41) is 6.72. The van der Waals surface area contributed by atoms with E-state index in [1.807, 2.05) is 7.05 Å². The second-order valence-electron chi connectivity index (χ2n) is 4.78. The number of rotatable bonds is 5. The highest BCUT2D eigenvalue weighted by Gasteiger charge is 2.22. The Morgan fingerprint density at radius 3 is 3.00 bits per heavy atom. The van der Waals surface area contributed by atoms with Crippen LogP contribution in [0, 0.1) is 5.92 Å². The summed E-state index contributed by atoms with van der Waals surface area (Å²) in [5.74, 6) is 0.223. The zero-order valence-electron chi connectivity index (χ0n) is 11.5. The van der Waals surface area contributed by atoms with E-state index in [1.54, 1.807) is 13.1 Å². The van der Waals surface area contributed by atoms with Gasteiger partial charge in [-0.3, -0.25) is 5.10 Å². The lowest BCUT2D eigenvalue weighted by Crippen LogP contribution is -2.30. The average molecular weight is 267 g/mol. The highest BCUT2D eigenvalue weighted by molar-refractivity contribution is 5.93. The van der Waals surface area contributed by atoms with Gasteiger partial charge in [0.15, 0.2) is 5.69 Å². The fraction of sp³-hybridized carbons (Fsp3) is 0.692. The van der Waals surface area contributed by atoms with E-state index in [0.717, 1.165) is 38.3 Å². The van der Waals surface area contributed by atoms with Crippen LogP contribution in [0.5, 0.6) is 0 Å². The number of ether oxygens (including phenoxy) is 2. The Kier molecular flexibility index (Phi) is 4.79.